The minimum absolute atomic E-state index is 0.0211. The van der Waals surface area contributed by atoms with Crippen LogP contribution < -0.4 is 10.6 Å². The molecule has 2 aromatic carbocycles. The Hall–Kier alpha value is -3.48. The monoisotopic (exact) mass is 380 g/mol. The molecular weight excluding hydrogens is 360 g/mol. The predicted octanol–water partition coefficient (Wildman–Crippen LogP) is 2.08. The van der Waals surface area contributed by atoms with Crippen LogP contribution in [0.15, 0.2) is 54.6 Å². The number of nitrogens with one attached hydrogen (secondary N) is 2. The van der Waals surface area contributed by atoms with E-state index in [1.165, 1.54) is 12.1 Å². The van der Waals surface area contributed by atoms with Crippen LogP contribution in [0.3, 0.4) is 0 Å². The smallest absolute Gasteiger partial charge is 0.338 e. The molecule has 1 saturated carbocycles. The van der Waals surface area contributed by atoms with Crippen molar-refractivity contribution in [1.29, 1.82) is 0 Å². The quantitative estimate of drug-likeness (QED) is 0.716. The molecule has 3 amide bonds. The van der Waals surface area contributed by atoms with E-state index in [0.717, 1.165) is 18.4 Å². The lowest BCUT2D eigenvalue weighted by molar-refractivity contribution is -0.132. The Morgan fingerprint density at radius 2 is 1.57 bits per heavy atom. The number of anilines is 1. The molecule has 1 fully saturated rings. The van der Waals surface area contributed by atoms with Crippen LogP contribution in [0.25, 0.3) is 0 Å². The van der Waals surface area contributed by atoms with Crippen molar-refractivity contribution in [3.8, 4) is 0 Å². The summed E-state index contributed by atoms with van der Waals surface area (Å²) in [6.45, 7) is -0.556. The Bertz CT molecular complexity index is 873. The molecule has 0 radical (unpaired) electrons. The van der Waals surface area contributed by atoms with Crippen LogP contribution in [0.1, 0.15) is 28.8 Å². The molecular formula is C21H20N2O5. The van der Waals surface area contributed by atoms with E-state index in [0.29, 0.717) is 5.69 Å². The van der Waals surface area contributed by atoms with E-state index in [2.05, 4.69) is 10.6 Å². The van der Waals surface area contributed by atoms with E-state index in [1.54, 1.807) is 36.4 Å². The van der Waals surface area contributed by atoms with Gasteiger partial charge in [-0.05, 0) is 42.7 Å². The fraction of sp³-hybridized carbons (Fsp3) is 0.238. The van der Waals surface area contributed by atoms with Gasteiger partial charge in [-0.15, -0.1) is 0 Å². The Labute approximate surface area is 162 Å². The van der Waals surface area contributed by atoms with E-state index in [9.17, 15) is 19.2 Å². The molecule has 0 atom stereocenters. The summed E-state index contributed by atoms with van der Waals surface area (Å²) in [6.07, 6.45) is 1.88. The van der Waals surface area contributed by atoms with Gasteiger partial charge in [0.15, 0.2) is 6.61 Å². The fourth-order valence-corrected chi connectivity index (χ4v) is 2.51. The van der Waals surface area contributed by atoms with Gasteiger partial charge in [0.2, 0.25) is 11.8 Å². The standard InChI is InChI=1S/C21H20N2O5/c24-18(12-14-4-2-1-3-5-14)23-19(25)13-28-21(27)16-8-10-17(11-9-16)22-20(26)15-6-7-15/h1-5,8-11,15H,6-7,12-13H2,(H,22,26)(H,23,24,25). The van der Waals surface area contributed by atoms with Crippen molar-refractivity contribution in [2.45, 2.75) is 19.3 Å². The topological polar surface area (TPSA) is 102 Å². The molecule has 3 rings (SSSR count). The Morgan fingerprint density at radius 1 is 0.893 bits per heavy atom. The van der Waals surface area contributed by atoms with E-state index < -0.39 is 24.4 Å². The van der Waals surface area contributed by atoms with Gasteiger partial charge in [0.05, 0.1) is 12.0 Å². The molecule has 0 aliphatic heterocycles. The van der Waals surface area contributed by atoms with Crippen LogP contribution >= 0.6 is 0 Å². The first-order valence-corrected chi connectivity index (χ1v) is 8.96. The van der Waals surface area contributed by atoms with Crippen LogP contribution in [-0.2, 0) is 25.5 Å². The summed E-state index contributed by atoms with van der Waals surface area (Å²) in [5.74, 6) is -1.78. The zero-order valence-electron chi connectivity index (χ0n) is 15.1. The first-order valence-electron chi connectivity index (χ1n) is 8.96. The third-order valence-electron chi connectivity index (χ3n) is 4.16. The fourth-order valence-electron chi connectivity index (χ4n) is 2.51. The number of esters is 1. The van der Waals surface area contributed by atoms with Crippen molar-refractivity contribution >= 4 is 29.4 Å². The molecule has 0 spiro atoms. The number of imide groups is 1. The third-order valence-corrected chi connectivity index (χ3v) is 4.16. The van der Waals surface area contributed by atoms with Gasteiger partial charge in [-0.3, -0.25) is 19.7 Å². The Kier molecular flexibility index (Phi) is 6.16. The van der Waals surface area contributed by atoms with Crippen LogP contribution in [0.5, 0.6) is 0 Å². The predicted molar refractivity (Wildman–Crippen MR) is 101 cm³/mol. The van der Waals surface area contributed by atoms with Gasteiger partial charge in [0.1, 0.15) is 0 Å². The highest BCUT2D eigenvalue weighted by atomic mass is 16.5. The number of ether oxygens (including phenoxy) is 1. The second-order valence-electron chi connectivity index (χ2n) is 6.55. The molecule has 7 heteroatoms. The van der Waals surface area contributed by atoms with Crippen molar-refractivity contribution in [2.75, 3.05) is 11.9 Å². The number of amides is 3. The lowest BCUT2D eigenvalue weighted by atomic mass is 10.1. The molecule has 28 heavy (non-hydrogen) atoms. The van der Waals surface area contributed by atoms with Gasteiger partial charge in [0.25, 0.3) is 5.91 Å². The third kappa shape index (κ3) is 5.77. The lowest BCUT2D eigenvalue weighted by Crippen LogP contribution is -2.35. The van der Waals surface area contributed by atoms with Crippen LogP contribution in [0, 0.1) is 5.92 Å². The average molecular weight is 380 g/mol. The summed E-state index contributed by atoms with van der Waals surface area (Å²) in [6, 6.07) is 15.2. The number of hydrogen-bond donors (Lipinski definition) is 2. The molecule has 0 aromatic heterocycles. The van der Waals surface area contributed by atoms with Crippen LogP contribution in [0.2, 0.25) is 0 Å². The van der Waals surface area contributed by atoms with Crippen molar-refractivity contribution in [3.05, 3.63) is 65.7 Å². The van der Waals surface area contributed by atoms with Gasteiger partial charge < -0.3 is 10.1 Å². The van der Waals surface area contributed by atoms with Gasteiger partial charge >= 0.3 is 5.97 Å². The van der Waals surface area contributed by atoms with E-state index in [4.69, 9.17) is 4.74 Å². The molecule has 144 valence electrons. The highest BCUT2D eigenvalue weighted by Gasteiger charge is 2.29. The number of rotatable bonds is 7. The molecule has 0 unspecified atom stereocenters. The van der Waals surface area contributed by atoms with Gasteiger partial charge in [-0.2, -0.15) is 0 Å². The molecule has 7 nitrogen and oxygen atoms in total. The SMILES string of the molecule is O=C(COC(=O)c1ccc(NC(=O)C2CC2)cc1)NC(=O)Cc1ccccc1. The summed E-state index contributed by atoms with van der Waals surface area (Å²) < 4.78 is 4.92. The average Bonchev–Trinajstić information content (AvgIpc) is 3.53. The summed E-state index contributed by atoms with van der Waals surface area (Å²) in [7, 11) is 0. The number of carbonyl (C=O) groups is 4. The second kappa shape index (κ2) is 8.94. The van der Waals surface area contributed by atoms with Crippen molar-refractivity contribution in [1.82, 2.24) is 5.32 Å². The second-order valence-corrected chi connectivity index (χ2v) is 6.55. The van der Waals surface area contributed by atoms with Gasteiger partial charge in [0, 0.05) is 11.6 Å². The van der Waals surface area contributed by atoms with Gasteiger partial charge in [-0.25, -0.2) is 4.79 Å². The summed E-state index contributed by atoms with van der Waals surface area (Å²) >= 11 is 0. The molecule has 2 N–H and O–H groups in total. The van der Waals surface area contributed by atoms with Crippen molar-refractivity contribution < 1.29 is 23.9 Å². The van der Waals surface area contributed by atoms with E-state index in [1.807, 2.05) is 6.07 Å². The molecule has 0 bridgehead atoms. The summed E-state index contributed by atoms with van der Waals surface area (Å²) in [5, 5.41) is 4.95. The zero-order chi connectivity index (χ0) is 19.9. The first kappa shape index (κ1) is 19.3. The number of carbonyl (C=O) groups excluding carboxylic acids is 4. The summed E-state index contributed by atoms with van der Waals surface area (Å²) in [5.41, 5.74) is 1.61. The molecule has 0 saturated heterocycles. The highest BCUT2D eigenvalue weighted by Crippen LogP contribution is 2.30. The Morgan fingerprint density at radius 3 is 2.21 bits per heavy atom. The maximum atomic E-state index is 12.0. The number of hydrogen-bond acceptors (Lipinski definition) is 5. The molecule has 1 aliphatic rings. The maximum absolute atomic E-state index is 12.0. The molecule has 2 aromatic rings. The van der Waals surface area contributed by atoms with E-state index in [-0.39, 0.29) is 23.8 Å². The summed E-state index contributed by atoms with van der Waals surface area (Å²) in [4.78, 5) is 47.3. The minimum Gasteiger partial charge on any atom is -0.452 e. The Balaban J connectivity index is 1.42. The van der Waals surface area contributed by atoms with E-state index >= 15 is 0 Å². The van der Waals surface area contributed by atoms with Crippen molar-refractivity contribution in [3.63, 3.8) is 0 Å². The normalized spacial score (nSPS) is 12.7. The highest BCUT2D eigenvalue weighted by molar-refractivity contribution is 5.98. The maximum Gasteiger partial charge on any atom is 0.338 e. The first-order chi connectivity index (χ1) is 13.5. The number of benzene rings is 2. The van der Waals surface area contributed by atoms with Crippen LogP contribution in [0.4, 0.5) is 5.69 Å². The lowest BCUT2D eigenvalue weighted by Gasteiger charge is -2.07. The van der Waals surface area contributed by atoms with Crippen molar-refractivity contribution in [2.24, 2.45) is 5.92 Å². The largest absolute Gasteiger partial charge is 0.452 e. The minimum atomic E-state index is -0.692. The molecule has 1 aliphatic carbocycles. The van der Waals surface area contributed by atoms with Gasteiger partial charge in [-0.1, -0.05) is 30.3 Å². The zero-order valence-corrected chi connectivity index (χ0v) is 15.1. The molecule has 0 heterocycles. The van der Waals surface area contributed by atoms with Crippen LogP contribution in [-0.4, -0.2) is 30.3 Å².